The first-order valence-corrected chi connectivity index (χ1v) is 17.0. The number of carboxylic acids is 2. The number of allylic oxidation sites excluding steroid dienone is 3. The molecule has 0 saturated carbocycles. The third kappa shape index (κ3) is 18.8. The molecule has 1 aromatic carbocycles. The molecule has 0 bridgehead atoms. The molecule has 1 aromatic rings. The SMILES string of the molecule is CCCCCCCCCC/C=C/C=C/C(C[C@@H](O)CCC(=O)O)SC[C@H](NC(=O)N(C)c1ccc([N+]#N)cc1)C(=O)NCC(=O)O. The van der Waals surface area contributed by atoms with E-state index in [-0.39, 0.29) is 30.3 Å². The van der Waals surface area contributed by atoms with Gasteiger partial charge in [-0.2, -0.15) is 11.8 Å². The van der Waals surface area contributed by atoms with Crippen LogP contribution in [0.25, 0.3) is 4.98 Å². The molecule has 254 valence electrons. The van der Waals surface area contributed by atoms with Crippen LogP contribution >= 0.6 is 11.8 Å². The van der Waals surface area contributed by atoms with Gasteiger partial charge >= 0.3 is 23.7 Å². The van der Waals surface area contributed by atoms with Crippen molar-refractivity contribution < 1.29 is 34.5 Å². The summed E-state index contributed by atoms with van der Waals surface area (Å²) in [4.78, 5) is 52.3. The van der Waals surface area contributed by atoms with Crippen LogP contribution < -0.4 is 15.5 Å². The lowest BCUT2D eigenvalue weighted by molar-refractivity contribution is -0.138. The molecular weight excluding hydrogens is 610 g/mol. The molecule has 0 heterocycles. The minimum Gasteiger partial charge on any atom is -0.481 e. The van der Waals surface area contributed by atoms with Crippen LogP contribution in [0, 0.1) is 5.39 Å². The molecule has 0 aliphatic heterocycles. The topological polar surface area (TPSA) is 184 Å². The molecule has 3 amide bonds. The number of aliphatic carboxylic acids is 2. The standard InChI is InChI=1S/C33H49N5O7S/c1-3-4-5-6-7-8-9-10-11-12-13-14-15-28(22-27(39)20-21-30(40)41)46-24-29(32(44)35-23-31(42)43)36-33(45)38(2)26-18-16-25(37-34)17-19-26/h12-19,27-29,39H,3-11,20-24H2,1-2H3,(H3-,35,36,40,41,42,43,44,45)/p+1/b13-12+,15-14+/t27-,28?,29-/m0/s1. The average Bonchev–Trinajstić information content (AvgIpc) is 3.04. The summed E-state index contributed by atoms with van der Waals surface area (Å²) in [5.74, 6) is -2.88. The molecule has 46 heavy (non-hydrogen) atoms. The number of thioether (sulfide) groups is 1. The maximum absolute atomic E-state index is 13.0. The fourth-order valence-electron chi connectivity index (χ4n) is 4.43. The van der Waals surface area contributed by atoms with E-state index in [0.717, 1.165) is 12.8 Å². The van der Waals surface area contributed by atoms with Crippen LogP contribution in [0.15, 0.2) is 48.6 Å². The van der Waals surface area contributed by atoms with Gasteiger partial charge in [0, 0.05) is 42.3 Å². The number of hydrogen-bond donors (Lipinski definition) is 5. The van der Waals surface area contributed by atoms with Crippen LogP contribution in [-0.2, 0) is 14.4 Å². The molecule has 0 radical (unpaired) electrons. The summed E-state index contributed by atoms with van der Waals surface area (Å²) in [5.41, 5.74) is 0.760. The monoisotopic (exact) mass is 660 g/mol. The Labute approximate surface area is 276 Å². The van der Waals surface area contributed by atoms with Crippen molar-refractivity contribution in [3.63, 3.8) is 0 Å². The molecule has 0 spiro atoms. The predicted octanol–water partition coefficient (Wildman–Crippen LogP) is 6.25. The van der Waals surface area contributed by atoms with E-state index in [0.29, 0.717) is 11.4 Å². The Morgan fingerprint density at radius 2 is 1.63 bits per heavy atom. The number of nitrogens with zero attached hydrogens (tertiary/aromatic N) is 3. The van der Waals surface area contributed by atoms with Crippen molar-refractivity contribution in [1.29, 1.82) is 5.39 Å². The number of diazo groups is 1. The third-order valence-corrected chi connectivity index (χ3v) is 8.46. The molecule has 0 aromatic heterocycles. The number of amides is 3. The van der Waals surface area contributed by atoms with Crippen LogP contribution in [0.4, 0.5) is 16.2 Å². The van der Waals surface area contributed by atoms with E-state index in [1.165, 1.54) is 80.8 Å². The van der Waals surface area contributed by atoms with Gasteiger partial charge in [-0.05, 0) is 37.8 Å². The number of anilines is 1. The van der Waals surface area contributed by atoms with Crippen molar-refractivity contribution in [3.05, 3.63) is 53.5 Å². The van der Waals surface area contributed by atoms with Crippen LogP contribution in [0.2, 0.25) is 0 Å². The maximum Gasteiger partial charge on any atom is 0.385 e. The summed E-state index contributed by atoms with van der Waals surface area (Å²) in [7, 11) is 1.49. The second kappa shape index (κ2) is 24.4. The Morgan fingerprint density at radius 1 is 0.978 bits per heavy atom. The van der Waals surface area contributed by atoms with E-state index in [9.17, 15) is 24.3 Å². The maximum atomic E-state index is 13.0. The van der Waals surface area contributed by atoms with Gasteiger partial charge in [-0.25, -0.2) is 4.79 Å². The quantitative estimate of drug-likeness (QED) is 0.0486. The molecule has 0 aliphatic rings. The highest BCUT2D eigenvalue weighted by Crippen LogP contribution is 2.22. The lowest BCUT2D eigenvalue weighted by Gasteiger charge is -2.24. The number of rotatable bonds is 24. The van der Waals surface area contributed by atoms with Crippen LogP contribution in [0.5, 0.6) is 0 Å². The number of carbonyl (C=O) groups is 4. The summed E-state index contributed by atoms with van der Waals surface area (Å²) in [5, 5.41) is 42.0. The number of nitrogens with one attached hydrogen (secondary N) is 2. The lowest BCUT2D eigenvalue weighted by Crippen LogP contribution is -2.52. The van der Waals surface area contributed by atoms with Gasteiger partial charge in [0.1, 0.15) is 12.6 Å². The Morgan fingerprint density at radius 3 is 2.24 bits per heavy atom. The zero-order valence-corrected chi connectivity index (χ0v) is 27.8. The van der Waals surface area contributed by atoms with E-state index in [4.69, 9.17) is 15.6 Å². The number of hydrogen-bond acceptors (Lipinski definition) is 7. The van der Waals surface area contributed by atoms with Gasteiger partial charge in [0.05, 0.1) is 6.10 Å². The molecule has 1 unspecified atom stereocenters. The van der Waals surface area contributed by atoms with E-state index in [1.54, 1.807) is 12.1 Å². The molecule has 12 nitrogen and oxygen atoms in total. The fourth-order valence-corrected chi connectivity index (χ4v) is 5.67. The van der Waals surface area contributed by atoms with Gasteiger partial charge in [-0.1, -0.05) is 76.2 Å². The zero-order valence-electron chi connectivity index (χ0n) is 27.0. The summed E-state index contributed by atoms with van der Waals surface area (Å²) in [6.45, 7) is 1.59. The lowest BCUT2D eigenvalue weighted by atomic mass is 10.1. The molecule has 0 aliphatic carbocycles. The highest BCUT2D eigenvalue weighted by atomic mass is 32.2. The van der Waals surface area contributed by atoms with Crippen molar-refractivity contribution in [2.24, 2.45) is 0 Å². The zero-order chi connectivity index (χ0) is 34.2. The van der Waals surface area contributed by atoms with Gasteiger partial charge in [0.25, 0.3) is 0 Å². The molecule has 3 atom stereocenters. The van der Waals surface area contributed by atoms with Crippen molar-refractivity contribution in [2.75, 3.05) is 24.2 Å². The van der Waals surface area contributed by atoms with Crippen LogP contribution in [-0.4, -0.2) is 75.9 Å². The Bertz CT molecular complexity index is 1170. The van der Waals surface area contributed by atoms with Crippen molar-refractivity contribution in [1.82, 2.24) is 10.6 Å². The number of urea groups is 1. The number of aliphatic hydroxyl groups is 1. The van der Waals surface area contributed by atoms with Gasteiger partial charge in [0.2, 0.25) is 11.3 Å². The highest BCUT2D eigenvalue weighted by molar-refractivity contribution is 8.00. The van der Waals surface area contributed by atoms with E-state index < -0.39 is 42.6 Å². The Balaban J connectivity index is 2.88. The summed E-state index contributed by atoms with van der Waals surface area (Å²) >= 11 is 1.28. The van der Waals surface area contributed by atoms with Crippen LogP contribution in [0.3, 0.4) is 0 Å². The van der Waals surface area contributed by atoms with Gasteiger partial charge < -0.3 is 26.0 Å². The minimum atomic E-state index is -1.24. The highest BCUT2D eigenvalue weighted by Gasteiger charge is 2.25. The van der Waals surface area contributed by atoms with Gasteiger partial charge in [-0.15, -0.1) is 0 Å². The normalized spacial score (nSPS) is 13.2. The molecular formula is C33H50N5O7S+. The van der Waals surface area contributed by atoms with E-state index in [2.05, 4.69) is 28.6 Å². The number of aliphatic hydroxyl groups excluding tert-OH is 1. The Hall–Kier alpha value is -3.89. The number of benzene rings is 1. The van der Waals surface area contributed by atoms with E-state index >= 15 is 0 Å². The third-order valence-electron chi connectivity index (χ3n) is 7.16. The fraction of sp³-hybridized carbons (Fsp3) is 0.576. The molecule has 0 fully saturated rings. The summed E-state index contributed by atoms with van der Waals surface area (Å²) in [6.07, 6.45) is 17.8. The first-order chi connectivity index (χ1) is 22.1. The molecule has 1 rings (SSSR count). The second-order valence-electron chi connectivity index (χ2n) is 11.1. The van der Waals surface area contributed by atoms with Crippen molar-refractivity contribution in [3.8, 4) is 0 Å². The first-order valence-electron chi connectivity index (χ1n) is 15.9. The minimum absolute atomic E-state index is 0.0516. The number of carboxylic acid groups (broad SMARTS) is 2. The predicted molar refractivity (Wildman–Crippen MR) is 182 cm³/mol. The smallest absolute Gasteiger partial charge is 0.385 e. The van der Waals surface area contributed by atoms with Gasteiger partial charge in [0.15, 0.2) is 4.98 Å². The largest absolute Gasteiger partial charge is 0.481 e. The average molecular weight is 661 g/mol. The summed E-state index contributed by atoms with van der Waals surface area (Å²) < 4.78 is 0. The van der Waals surface area contributed by atoms with Crippen molar-refractivity contribution >= 4 is 47.0 Å². The van der Waals surface area contributed by atoms with Crippen molar-refractivity contribution in [2.45, 2.75) is 101 Å². The van der Waals surface area contributed by atoms with E-state index in [1.807, 2.05) is 18.2 Å². The van der Waals surface area contributed by atoms with Crippen LogP contribution in [0.1, 0.15) is 84.0 Å². The summed E-state index contributed by atoms with van der Waals surface area (Å²) in [6, 6.07) is 4.39. The van der Waals surface area contributed by atoms with Gasteiger partial charge in [-0.3, -0.25) is 19.3 Å². The molecule has 5 N–H and O–H groups in total. The second-order valence-corrected chi connectivity index (χ2v) is 12.3. The Kier molecular flexibility index (Phi) is 21.3. The first kappa shape index (κ1) is 40.1. The molecule has 0 saturated heterocycles. The molecule has 13 heteroatoms. The number of carbonyl (C=O) groups excluding carboxylic acids is 2. The number of unbranched alkanes of at least 4 members (excludes halogenated alkanes) is 8.